The van der Waals surface area contributed by atoms with Gasteiger partial charge < -0.3 is 5.32 Å². The summed E-state index contributed by atoms with van der Waals surface area (Å²) in [5, 5.41) is 9.33. The summed E-state index contributed by atoms with van der Waals surface area (Å²) in [6, 6.07) is 9.79. The molecule has 6 nitrogen and oxygen atoms in total. The van der Waals surface area contributed by atoms with Gasteiger partial charge in [0.2, 0.25) is 5.91 Å². The Hall–Kier alpha value is -2.51. The van der Waals surface area contributed by atoms with Gasteiger partial charge in [-0.15, -0.1) is 11.3 Å². The molecule has 7 heteroatoms. The number of likely N-dealkylation sites (tertiary alicyclic amines) is 1. The van der Waals surface area contributed by atoms with Crippen LogP contribution in [0.15, 0.2) is 53.6 Å². The lowest BCUT2D eigenvalue weighted by Crippen LogP contribution is -2.40. The fraction of sp³-hybridized carbons (Fsp3) is 0.350. The first-order chi connectivity index (χ1) is 13.3. The molecule has 1 fully saturated rings. The van der Waals surface area contributed by atoms with Crippen molar-refractivity contribution < 1.29 is 4.79 Å². The molecule has 1 aromatic carbocycles. The highest BCUT2D eigenvalue weighted by molar-refractivity contribution is 7.07. The van der Waals surface area contributed by atoms with Gasteiger partial charge in [0.15, 0.2) is 0 Å². The number of anilines is 1. The number of nitrogens with zero attached hydrogens (tertiary/aromatic N) is 4. The number of nitrogens with one attached hydrogen (secondary N) is 1. The zero-order valence-electron chi connectivity index (χ0n) is 15.1. The summed E-state index contributed by atoms with van der Waals surface area (Å²) in [5.74, 6) is 0.0907. The molecule has 3 heterocycles. The lowest BCUT2D eigenvalue weighted by atomic mass is 10.1. The maximum absolute atomic E-state index is 12.7. The average molecular weight is 382 g/mol. The molecule has 1 N–H and O–H groups in total. The topological polar surface area (TPSA) is 63.1 Å². The molecule has 4 rings (SSSR count). The van der Waals surface area contributed by atoms with E-state index >= 15 is 0 Å². The van der Waals surface area contributed by atoms with Gasteiger partial charge in [-0.25, -0.2) is 4.98 Å². The van der Waals surface area contributed by atoms with Gasteiger partial charge in [-0.3, -0.25) is 14.4 Å². The van der Waals surface area contributed by atoms with Crippen LogP contribution in [0.2, 0.25) is 0 Å². The van der Waals surface area contributed by atoms with Crippen molar-refractivity contribution in [3.8, 4) is 11.3 Å². The van der Waals surface area contributed by atoms with Gasteiger partial charge in [0.1, 0.15) is 0 Å². The Balaban J connectivity index is 1.31. The van der Waals surface area contributed by atoms with Crippen molar-refractivity contribution in [2.24, 2.45) is 0 Å². The highest BCUT2D eigenvalue weighted by Crippen LogP contribution is 2.23. The third kappa shape index (κ3) is 4.43. The molecule has 0 spiro atoms. The van der Waals surface area contributed by atoms with Crippen LogP contribution in [0.1, 0.15) is 19.3 Å². The Labute approximate surface area is 162 Å². The predicted octanol–water partition coefficient (Wildman–Crippen LogP) is 3.50. The van der Waals surface area contributed by atoms with Crippen molar-refractivity contribution in [3.63, 3.8) is 0 Å². The van der Waals surface area contributed by atoms with Crippen LogP contribution < -0.4 is 5.32 Å². The largest absolute Gasteiger partial charge is 0.325 e. The fourth-order valence-electron chi connectivity index (χ4n) is 3.56. The zero-order chi connectivity index (χ0) is 18.5. The molecule has 27 heavy (non-hydrogen) atoms. The third-order valence-corrected chi connectivity index (χ3v) is 5.53. The Kier molecular flexibility index (Phi) is 5.60. The maximum atomic E-state index is 12.7. The van der Waals surface area contributed by atoms with Crippen molar-refractivity contribution in [2.75, 3.05) is 18.4 Å². The number of rotatable bonds is 7. The monoisotopic (exact) mass is 381 g/mol. The molecule has 0 bridgehead atoms. The first-order valence-corrected chi connectivity index (χ1v) is 10.2. The van der Waals surface area contributed by atoms with Crippen molar-refractivity contribution in [1.29, 1.82) is 0 Å². The lowest BCUT2D eigenvalue weighted by Gasteiger charge is -2.23. The molecule has 0 radical (unpaired) electrons. The Bertz CT molecular complexity index is 845. The van der Waals surface area contributed by atoms with E-state index in [2.05, 4.69) is 20.3 Å². The van der Waals surface area contributed by atoms with Crippen LogP contribution in [0.4, 0.5) is 5.69 Å². The van der Waals surface area contributed by atoms with Crippen LogP contribution in [0, 0.1) is 0 Å². The summed E-state index contributed by atoms with van der Waals surface area (Å²) < 4.78 is 1.94. The lowest BCUT2D eigenvalue weighted by molar-refractivity contribution is -0.120. The molecular weight excluding hydrogens is 358 g/mol. The van der Waals surface area contributed by atoms with Gasteiger partial charge >= 0.3 is 0 Å². The van der Waals surface area contributed by atoms with Gasteiger partial charge in [-0.2, -0.15) is 5.10 Å². The van der Waals surface area contributed by atoms with Crippen LogP contribution >= 0.6 is 11.3 Å². The molecular formula is C20H23N5OS. The van der Waals surface area contributed by atoms with E-state index in [0.29, 0.717) is 0 Å². The Morgan fingerprint density at radius 3 is 2.89 bits per heavy atom. The molecule has 1 unspecified atom stereocenters. The summed E-state index contributed by atoms with van der Waals surface area (Å²) in [6.07, 6.45) is 6.76. The van der Waals surface area contributed by atoms with Gasteiger partial charge in [0.05, 0.1) is 17.2 Å². The summed E-state index contributed by atoms with van der Waals surface area (Å²) >= 11 is 1.58. The van der Waals surface area contributed by atoms with E-state index in [1.165, 1.54) is 0 Å². The SMILES string of the molecule is O=C(Nc1ccc(-c2cscn2)cc1)C1CCCN1CCCn1cccn1. The molecule has 0 saturated carbocycles. The van der Waals surface area contributed by atoms with Crippen LogP contribution in [0.5, 0.6) is 0 Å². The number of aryl methyl sites for hydroxylation is 1. The van der Waals surface area contributed by atoms with E-state index in [9.17, 15) is 4.79 Å². The highest BCUT2D eigenvalue weighted by Gasteiger charge is 2.30. The second-order valence-electron chi connectivity index (χ2n) is 6.76. The number of benzene rings is 1. The fourth-order valence-corrected chi connectivity index (χ4v) is 4.13. The van der Waals surface area contributed by atoms with Crippen molar-refractivity contribution in [3.05, 3.63) is 53.6 Å². The van der Waals surface area contributed by atoms with Gasteiger partial charge in [0, 0.05) is 42.1 Å². The van der Waals surface area contributed by atoms with Crippen LogP contribution in [-0.4, -0.2) is 44.7 Å². The van der Waals surface area contributed by atoms with E-state index in [1.807, 2.05) is 52.1 Å². The van der Waals surface area contributed by atoms with Crippen molar-refractivity contribution >= 4 is 22.9 Å². The number of hydrogen-bond donors (Lipinski definition) is 1. The smallest absolute Gasteiger partial charge is 0.241 e. The van der Waals surface area contributed by atoms with Crippen LogP contribution in [0.25, 0.3) is 11.3 Å². The maximum Gasteiger partial charge on any atom is 0.241 e. The standard InChI is InChI=1S/C20H23N5OS/c26-20(23-17-7-5-16(6-8-17)18-14-27-15-21-18)19-4-1-10-24(19)11-3-13-25-12-2-9-22-25/h2,5-9,12,14-15,19H,1,3-4,10-11,13H2,(H,23,26). The summed E-state index contributed by atoms with van der Waals surface area (Å²) in [7, 11) is 0. The van der Waals surface area contributed by atoms with E-state index in [1.54, 1.807) is 17.5 Å². The average Bonchev–Trinajstić information content (AvgIpc) is 3.45. The number of thiazole rings is 1. The molecule has 3 aromatic rings. The number of carbonyl (C=O) groups is 1. The second kappa shape index (κ2) is 8.45. The summed E-state index contributed by atoms with van der Waals surface area (Å²) in [4.78, 5) is 19.4. The van der Waals surface area contributed by atoms with Gasteiger partial charge in [0.25, 0.3) is 0 Å². The Morgan fingerprint density at radius 1 is 1.26 bits per heavy atom. The zero-order valence-corrected chi connectivity index (χ0v) is 15.9. The van der Waals surface area contributed by atoms with Gasteiger partial charge in [-0.1, -0.05) is 12.1 Å². The van der Waals surface area contributed by atoms with Crippen LogP contribution in [-0.2, 0) is 11.3 Å². The summed E-state index contributed by atoms with van der Waals surface area (Å²) in [5.41, 5.74) is 4.70. The molecule has 1 saturated heterocycles. The first-order valence-electron chi connectivity index (χ1n) is 9.30. The Morgan fingerprint density at radius 2 is 2.15 bits per heavy atom. The minimum Gasteiger partial charge on any atom is -0.325 e. The third-order valence-electron chi connectivity index (χ3n) is 4.94. The summed E-state index contributed by atoms with van der Waals surface area (Å²) in [6.45, 7) is 2.79. The van der Waals surface area contributed by atoms with E-state index < -0.39 is 0 Å². The molecule has 140 valence electrons. The molecule has 0 aliphatic carbocycles. The predicted molar refractivity (Wildman–Crippen MR) is 108 cm³/mol. The highest BCUT2D eigenvalue weighted by atomic mass is 32.1. The quantitative estimate of drug-likeness (QED) is 0.680. The number of carbonyl (C=O) groups excluding carboxylic acids is 1. The molecule has 1 atom stereocenters. The molecule has 1 aliphatic rings. The normalized spacial score (nSPS) is 17.3. The minimum absolute atomic E-state index is 0.0409. The number of amides is 1. The number of hydrogen-bond acceptors (Lipinski definition) is 5. The first kappa shape index (κ1) is 17.9. The van der Waals surface area contributed by atoms with Gasteiger partial charge in [-0.05, 0) is 44.0 Å². The van der Waals surface area contributed by atoms with Crippen molar-refractivity contribution in [1.82, 2.24) is 19.7 Å². The van der Waals surface area contributed by atoms with Crippen LogP contribution in [0.3, 0.4) is 0 Å². The number of aromatic nitrogens is 3. The molecule has 2 aromatic heterocycles. The van der Waals surface area contributed by atoms with E-state index in [-0.39, 0.29) is 11.9 Å². The van der Waals surface area contributed by atoms with E-state index in [0.717, 1.165) is 55.8 Å². The van der Waals surface area contributed by atoms with Crippen molar-refractivity contribution in [2.45, 2.75) is 31.8 Å². The second-order valence-corrected chi connectivity index (χ2v) is 7.48. The molecule has 1 amide bonds. The van der Waals surface area contributed by atoms with E-state index in [4.69, 9.17) is 0 Å². The molecule has 1 aliphatic heterocycles. The minimum atomic E-state index is -0.0409.